The lowest BCUT2D eigenvalue weighted by atomic mass is 10.1. The van der Waals surface area contributed by atoms with Gasteiger partial charge in [-0.05, 0) is 18.6 Å². The standard InChI is InChI=1S/C12H15NO4/c1-16-9-3-4-10(17-2)12-8(9)5-7(13-12)6-11(14)15/h3-4,7,13H,5-6H2,1-2H3,(H,14,15). The van der Waals surface area contributed by atoms with E-state index in [1.807, 2.05) is 12.1 Å². The first kappa shape index (κ1) is 11.6. The average Bonchev–Trinajstić information content (AvgIpc) is 2.69. The van der Waals surface area contributed by atoms with Crippen LogP contribution in [0.3, 0.4) is 0 Å². The van der Waals surface area contributed by atoms with Crippen LogP contribution in [0.1, 0.15) is 12.0 Å². The van der Waals surface area contributed by atoms with Crippen LogP contribution < -0.4 is 14.8 Å². The highest BCUT2D eigenvalue weighted by Gasteiger charge is 2.28. The number of rotatable bonds is 4. The van der Waals surface area contributed by atoms with Gasteiger partial charge in [0.1, 0.15) is 11.5 Å². The van der Waals surface area contributed by atoms with Crippen LogP contribution in [0, 0.1) is 0 Å². The highest BCUT2D eigenvalue weighted by Crippen LogP contribution is 2.41. The summed E-state index contributed by atoms with van der Waals surface area (Å²) in [5.74, 6) is 0.670. The Morgan fingerprint density at radius 3 is 2.65 bits per heavy atom. The van der Waals surface area contributed by atoms with Crippen molar-refractivity contribution in [2.45, 2.75) is 18.9 Å². The molecule has 1 heterocycles. The quantitative estimate of drug-likeness (QED) is 0.831. The number of carboxylic acid groups (broad SMARTS) is 1. The summed E-state index contributed by atoms with van der Waals surface area (Å²) in [5.41, 5.74) is 1.83. The minimum absolute atomic E-state index is 0.0843. The molecular formula is C12H15NO4. The SMILES string of the molecule is COc1ccc(OC)c2c1CC(CC(=O)O)N2. The Balaban J connectivity index is 2.31. The maximum absolute atomic E-state index is 10.7. The maximum Gasteiger partial charge on any atom is 0.305 e. The van der Waals surface area contributed by atoms with Crippen LogP contribution >= 0.6 is 0 Å². The van der Waals surface area contributed by atoms with E-state index in [4.69, 9.17) is 14.6 Å². The summed E-state index contributed by atoms with van der Waals surface area (Å²) in [6.07, 6.45) is 0.725. The number of methoxy groups -OCH3 is 2. The van der Waals surface area contributed by atoms with Gasteiger partial charge in [-0.1, -0.05) is 0 Å². The Morgan fingerprint density at radius 1 is 1.41 bits per heavy atom. The molecule has 0 spiro atoms. The predicted molar refractivity (Wildman–Crippen MR) is 62.9 cm³/mol. The maximum atomic E-state index is 10.7. The smallest absolute Gasteiger partial charge is 0.305 e. The van der Waals surface area contributed by atoms with E-state index in [-0.39, 0.29) is 12.5 Å². The molecule has 2 rings (SSSR count). The molecule has 5 nitrogen and oxygen atoms in total. The van der Waals surface area contributed by atoms with E-state index in [1.54, 1.807) is 14.2 Å². The lowest BCUT2D eigenvalue weighted by molar-refractivity contribution is -0.137. The van der Waals surface area contributed by atoms with Gasteiger partial charge < -0.3 is 19.9 Å². The number of anilines is 1. The van der Waals surface area contributed by atoms with Crippen LogP contribution in [0.4, 0.5) is 5.69 Å². The van der Waals surface area contributed by atoms with E-state index in [1.165, 1.54) is 0 Å². The second-order valence-electron chi connectivity index (χ2n) is 3.97. The van der Waals surface area contributed by atoms with Crippen LogP contribution in [-0.4, -0.2) is 31.3 Å². The molecule has 1 aromatic carbocycles. The summed E-state index contributed by atoms with van der Waals surface area (Å²) in [5, 5.41) is 12.0. The van der Waals surface area contributed by atoms with Crippen molar-refractivity contribution in [1.82, 2.24) is 0 Å². The zero-order valence-corrected chi connectivity index (χ0v) is 9.82. The highest BCUT2D eigenvalue weighted by molar-refractivity contribution is 5.74. The molecule has 0 bridgehead atoms. The first-order valence-electron chi connectivity index (χ1n) is 5.38. The van der Waals surface area contributed by atoms with Gasteiger partial charge in [0, 0.05) is 11.6 Å². The molecule has 0 saturated carbocycles. The summed E-state index contributed by atoms with van der Waals surface area (Å²) in [4.78, 5) is 10.7. The predicted octanol–water partition coefficient (Wildman–Crippen LogP) is 1.52. The third kappa shape index (κ3) is 2.13. The van der Waals surface area contributed by atoms with E-state index in [0.717, 1.165) is 17.0 Å². The van der Waals surface area contributed by atoms with Gasteiger partial charge in [0.15, 0.2) is 0 Å². The molecular weight excluding hydrogens is 222 g/mol. The van der Waals surface area contributed by atoms with Crippen LogP contribution in [0.2, 0.25) is 0 Å². The number of carboxylic acids is 1. The molecule has 0 aromatic heterocycles. The van der Waals surface area contributed by atoms with Crippen molar-refractivity contribution < 1.29 is 19.4 Å². The summed E-state index contributed by atoms with van der Waals surface area (Å²) >= 11 is 0. The van der Waals surface area contributed by atoms with E-state index in [0.29, 0.717) is 12.2 Å². The molecule has 0 saturated heterocycles. The summed E-state index contributed by atoms with van der Waals surface area (Å²) < 4.78 is 10.5. The molecule has 0 aliphatic carbocycles. The first-order chi connectivity index (χ1) is 8.15. The van der Waals surface area contributed by atoms with E-state index in [9.17, 15) is 4.79 Å². The number of aliphatic carboxylic acids is 1. The van der Waals surface area contributed by atoms with Crippen molar-refractivity contribution in [3.8, 4) is 11.5 Å². The van der Waals surface area contributed by atoms with Gasteiger partial charge in [0.2, 0.25) is 0 Å². The van der Waals surface area contributed by atoms with Gasteiger partial charge in [-0.15, -0.1) is 0 Å². The monoisotopic (exact) mass is 237 g/mol. The topological polar surface area (TPSA) is 67.8 Å². The molecule has 5 heteroatoms. The first-order valence-corrected chi connectivity index (χ1v) is 5.38. The van der Waals surface area contributed by atoms with Gasteiger partial charge in [0.25, 0.3) is 0 Å². The lowest BCUT2D eigenvalue weighted by Crippen LogP contribution is -2.19. The number of benzene rings is 1. The van der Waals surface area contributed by atoms with Crippen LogP contribution in [0.15, 0.2) is 12.1 Å². The Kier molecular flexibility index (Phi) is 3.08. The van der Waals surface area contributed by atoms with E-state index >= 15 is 0 Å². The third-order valence-electron chi connectivity index (χ3n) is 2.89. The van der Waals surface area contributed by atoms with Gasteiger partial charge in [0.05, 0.1) is 26.3 Å². The van der Waals surface area contributed by atoms with Crippen molar-refractivity contribution in [2.75, 3.05) is 19.5 Å². The van der Waals surface area contributed by atoms with Crippen molar-refractivity contribution >= 4 is 11.7 Å². The molecule has 92 valence electrons. The number of nitrogens with one attached hydrogen (secondary N) is 1. The minimum Gasteiger partial charge on any atom is -0.496 e. The van der Waals surface area contributed by atoms with Crippen molar-refractivity contribution in [1.29, 1.82) is 0 Å². The molecule has 0 radical (unpaired) electrons. The number of fused-ring (bicyclic) bond motifs is 1. The van der Waals surface area contributed by atoms with Crippen LogP contribution in [0.5, 0.6) is 11.5 Å². The molecule has 0 amide bonds. The van der Waals surface area contributed by atoms with E-state index < -0.39 is 5.97 Å². The van der Waals surface area contributed by atoms with Gasteiger partial charge in [-0.25, -0.2) is 0 Å². The van der Waals surface area contributed by atoms with Crippen molar-refractivity contribution in [2.24, 2.45) is 0 Å². The molecule has 1 atom stereocenters. The van der Waals surface area contributed by atoms with E-state index in [2.05, 4.69) is 5.32 Å². The Hall–Kier alpha value is -1.91. The molecule has 0 fully saturated rings. The summed E-state index contributed by atoms with van der Waals surface area (Å²) in [6.45, 7) is 0. The molecule has 1 aliphatic rings. The van der Waals surface area contributed by atoms with Gasteiger partial charge in [-0.3, -0.25) is 4.79 Å². The fourth-order valence-electron chi connectivity index (χ4n) is 2.16. The van der Waals surface area contributed by atoms with Gasteiger partial charge >= 0.3 is 5.97 Å². The zero-order valence-electron chi connectivity index (χ0n) is 9.82. The van der Waals surface area contributed by atoms with Crippen molar-refractivity contribution in [3.63, 3.8) is 0 Å². The zero-order chi connectivity index (χ0) is 12.4. The van der Waals surface area contributed by atoms with Crippen molar-refractivity contribution in [3.05, 3.63) is 17.7 Å². The average molecular weight is 237 g/mol. The summed E-state index contributed by atoms with van der Waals surface area (Å²) in [7, 11) is 3.20. The minimum atomic E-state index is -0.812. The number of ether oxygens (including phenoxy) is 2. The fourth-order valence-corrected chi connectivity index (χ4v) is 2.16. The molecule has 2 N–H and O–H groups in total. The fraction of sp³-hybridized carbons (Fsp3) is 0.417. The number of carbonyl (C=O) groups is 1. The lowest BCUT2D eigenvalue weighted by Gasteiger charge is -2.11. The Bertz CT molecular complexity index is 411. The molecule has 17 heavy (non-hydrogen) atoms. The molecule has 1 aromatic rings. The van der Waals surface area contributed by atoms with Gasteiger partial charge in [-0.2, -0.15) is 0 Å². The number of hydrogen-bond acceptors (Lipinski definition) is 4. The van der Waals surface area contributed by atoms with Crippen LogP contribution in [0.25, 0.3) is 0 Å². The summed E-state index contributed by atoms with van der Waals surface area (Å²) in [6, 6.07) is 3.55. The Morgan fingerprint density at radius 2 is 2.06 bits per heavy atom. The molecule has 1 unspecified atom stereocenters. The molecule has 1 aliphatic heterocycles. The largest absolute Gasteiger partial charge is 0.496 e. The second-order valence-corrected chi connectivity index (χ2v) is 3.97. The second kappa shape index (κ2) is 4.53. The third-order valence-corrected chi connectivity index (χ3v) is 2.89. The Labute approximate surface area is 99.3 Å². The normalized spacial score (nSPS) is 17.2. The van der Waals surface area contributed by atoms with Crippen LogP contribution in [-0.2, 0) is 11.2 Å². The highest BCUT2D eigenvalue weighted by atomic mass is 16.5. The number of hydrogen-bond donors (Lipinski definition) is 2.